The van der Waals surface area contributed by atoms with Gasteiger partial charge in [-0.25, -0.2) is 17.6 Å². The molecule has 148 valence electrons. The summed E-state index contributed by atoms with van der Waals surface area (Å²) in [6, 6.07) is 13.5. The fraction of sp³-hybridized carbons (Fsp3) is 0.300. The van der Waals surface area contributed by atoms with E-state index >= 15 is 0 Å². The lowest BCUT2D eigenvalue weighted by Gasteiger charge is -2.28. The van der Waals surface area contributed by atoms with Gasteiger partial charge in [-0.05, 0) is 36.2 Å². The number of benzene rings is 2. The van der Waals surface area contributed by atoms with Crippen molar-refractivity contribution < 1.29 is 27.1 Å². The van der Waals surface area contributed by atoms with Crippen molar-refractivity contribution in [3.8, 4) is 0 Å². The minimum Gasteiger partial charge on any atom is -0.452 e. The minimum atomic E-state index is -3.18. The van der Waals surface area contributed by atoms with E-state index < -0.39 is 40.2 Å². The first kappa shape index (κ1) is 20.0. The maximum atomic E-state index is 13.0. The van der Waals surface area contributed by atoms with E-state index in [9.17, 15) is 22.4 Å². The fourth-order valence-electron chi connectivity index (χ4n) is 3.10. The molecule has 0 radical (unpaired) electrons. The summed E-state index contributed by atoms with van der Waals surface area (Å²) < 4.78 is 41.7. The van der Waals surface area contributed by atoms with Gasteiger partial charge in [0.1, 0.15) is 5.82 Å². The largest absolute Gasteiger partial charge is 0.452 e. The summed E-state index contributed by atoms with van der Waals surface area (Å²) in [7, 11) is -3.18. The first-order valence-electron chi connectivity index (χ1n) is 8.80. The molecule has 8 heteroatoms. The van der Waals surface area contributed by atoms with Crippen LogP contribution in [0.15, 0.2) is 54.6 Å². The monoisotopic (exact) mass is 405 g/mol. The van der Waals surface area contributed by atoms with Gasteiger partial charge in [0.15, 0.2) is 16.4 Å². The number of hydrogen-bond acceptors (Lipinski definition) is 5. The van der Waals surface area contributed by atoms with Gasteiger partial charge in [0.25, 0.3) is 5.91 Å². The van der Waals surface area contributed by atoms with E-state index in [4.69, 9.17) is 4.74 Å². The van der Waals surface area contributed by atoms with Gasteiger partial charge in [0.2, 0.25) is 0 Å². The van der Waals surface area contributed by atoms with Crippen molar-refractivity contribution in [1.29, 1.82) is 0 Å². The first-order chi connectivity index (χ1) is 13.3. The summed E-state index contributed by atoms with van der Waals surface area (Å²) in [5.41, 5.74) is 0.984. The number of nitrogens with zero attached hydrogens (tertiary/aromatic N) is 1. The number of sulfone groups is 1. The molecule has 1 saturated heterocycles. The average Bonchev–Trinajstić information content (AvgIpc) is 3.04. The molecule has 0 unspecified atom stereocenters. The van der Waals surface area contributed by atoms with E-state index in [1.807, 2.05) is 30.3 Å². The zero-order valence-electron chi connectivity index (χ0n) is 15.1. The first-order valence-corrected chi connectivity index (χ1v) is 10.6. The smallest absolute Gasteiger partial charge is 0.338 e. The summed E-state index contributed by atoms with van der Waals surface area (Å²) in [6.45, 7) is -0.284. The van der Waals surface area contributed by atoms with Crippen LogP contribution in [0.25, 0.3) is 0 Å². The fourth-order valence-corrected chi connectivity index (χ4v) is 4.83. The Kier molecular flexibility index (Phi) is 6.08. The normalized spacial score (nSPS) is 17.8. The van der Waals surface area contributed by atoms with Gasteiger partial charge < -0.3 is 9.64 Å². The molecular weight excluding hydrogens is 385 g/mol. The molecule has 2 aromatic carbocycles. The predicted molar refractivity (Wildman–Crippen MR) is 101 cm³/mol. The molecule has 1 amide bonds. The lowest BCUT2D eigenvalue weighted by molar-refractivity contribution is -0.137. The summed E-state index contributed by atoms with van der Waals surface area (Å²) in [6.07, 6.45) is 0.354. The van der Waals surface area contributed by atoms with Gasteiger partial charge in [0, 0.05) is 12.6 Å². The van der Waals surface area contributed by atoms with E-state index in [-0.39, 0.29) is 23.6 Å². The van der Waals surface area contributed by atoms with Crippen molar-refractivity contribution in [1.82, 2.24) is 4.90 Å². The predicted octanol–water partition coefficient (Wildman–Crippen LogP) is 2.20. The molecular formula is C20H20FNO5S. The maximum absolute atomic E-state index is 13.0. The van der Waals surface area contributed by atoms with Crippen molar-refractivity contribution in [3.05, 3.63) is 71.5 Å². The Morgan fingerprint density at radius 3 is 2.36 bits per heavy atom. The van der Waals surface area contributed by atoms with Crippen LogP contribution in [0.3, 0.4) is 0 Å². The molecule has 1 atom stereocenters. The van der Waals surface area contributed by atoms with Crippen molar-refractivity contribution >= 4 is 21.7 Å². The SMILES string of the molecule is O=C(OCC(=O)N(Cc1ccccc1)[C@@H]1CCS(=O)(=O)C1)c1ccc(F)cc1. The van der Waals surface area contributed by atoms with Crippen LogP contribution in [0.5, 0.6) is 0 Å². The Morgan fingerprint density at radius 1 is 1.07 bits per heavy atom. The molecule has 1 aliphatic heterocycles. The van der Waals surface area contributed by atoms with Crippen LogP contribution in [0, 0.1) is 5.82 Å². The number of esters is 1. The van der Waals surface area contributed by atoms with Crippen LogP contribution < -0.4 is 0 Å². The number of amides is 1. The second-order valence-corrected chi connectivity index (χ2v) is 8.88. The summed E-state index contributed by atoms with van der Waals surface area (Å²) in [5, 5.41) is 0. The number of ether oxygens (including phenoxy) is 1. The Bertz CT molecular complexity index is 944. The Labute approximate surface area is 162 Å². The number of rotatable bonds is 6. The molecule has 0 aliphatic carbocycles. The third kappa shape index (κ3) is 5.16. The van der Waals surface area contributed by atoms with Gasteiger partial charge in [-0.2, -0.15) is 0 Å². The molecule has 0 saturated carbocycles. The van der Waals surface area contributed by atoms with Gasteiger partial charge in [-0.15, -0.1) is 0 Å². The average molecular weight is 405 g/mol. The molecule has 1 fully saturated rings. The lowest BCUT2D eigenvalue weighted by Crippen LogP contribution is -2.42. The molecule has 1 aliphatic rings. The highest BCUT2D eigenvalue weighted by atomic mass is 32.2. The highest BCUT2D eigenvalue weighted by Crippen LogP contribution is 2.20. The van der Waals surface area contributed by atoms with E-state index in [1.54, 1.807) is 0 Å². The molecule has 28 heavy (non-hydrogen) atoms. The Balaban J connectivity index is 1.69. The highest BCUT2D eigenvalue weighted by molar-refractivity contribution is 7.91. The quantitative estimate of drug-likeness (QED) is 0.689. The summed E-state index contributed by atoms with van der Waals surface area (Å²) in [4.78, 5) is 26.2. The van der Waals surface area contributed by atoms with Crippen LogP contribution in [0.1, 0.15) is 22.3 Å². The zero-order chi connectivity index (χ0) is 20.1. The Morgan fingerprint density at radius 2 is 1.75 bits per heavy atom. The molecule has 0 spiro atoms. The highest BCUT2D eigenvalue weighted by Gasteiger charge is 2.35. The van der Waals surface area contributed by atoms with E-state index in [0.29, 0.717) is 6.42 Å². The van der Waals surface area contributed by atoms with Gasteiger partial charge in [-0.3, -0.25) is 4.79 Å². The van der Waals surface area contributed by atoms with Crippen molar-refractivity contribution in [3.63, 3.8) is 0 Å². The van der Waals surface area contributed by atoms with Crippen LogP contribution >= 0.6 is 0 Å². The molecule has 2 aromatic rings. The van der Waals surface area contributed by atoms with Crippen molar-refractivity contribution in [2.24, 2.45) is 0 Å². The molecule has 0 aromatic heterocycles. The number of halogens is 1. The standard InChI is InChI=1S/C20H20FNO5S/c21-17-8-6-16(7-9-17)20(24)27-13-19(23)22(12-15-4-2-1-3-5-15)18-10-11-28(25,26)14-18/h1-9,18H,10-14H2/t18-/m1/s1. The second kappa shape index (κ2) is 8.52. The Hall–Kier alpha value is -2.74. The van der Waals surface area contributed by atoms with Crippen LogP contribution in [-0.4, -0.2) is 49.3 Å². The number of carbonyl (C=O) groups excluding carboxylic acids is 2. The number of carbonyl (C=O) groups is 2. The third-order valence-electron chi connectivity index (χ3n) is 4.57. The zero-order valence-corrected chi connectivity index (χ0v) is 15.9. The van der Waals surface area contributed by atoms with Crippen LogP contribution in [0.4, 0.5) is 4.39 Å². The topological polar surface area (TPSA) is 80.8 Å². The minimum absolute atomic E-state index is 0.0333. The van der Waals surface area contributed by atoms with E-state index in [0.717, 1.165) is 17.7 Å². The molecule has 6 nitrogen and oxygen atoms in total. The number of hydrogen-bond donors (Lipinski definition) is 0. The summed E-state index contributed by atoms with van der Waals surface area (Å²) >= 11 is 0. The van der Waals surface area contributed by atoms with Gasteiger partial charge >= 0.3 is 5.97 Å². The second-order valence-electron chi connectivity index (χ2n) is 6.65. The summed E-state index contributed by atoms with van der Waals surface area (Å²) in [5.74, 6) is -1.76. The van der Waals surface area contributed by atoms with Crippen LogP contribution in [-0.2, 0) is 25.9 Å². The molecule has 1 heterocycles. The van der Waals surface area contributed by atoms with Crippen LogP contribution in [0.2, 0.25) is 0 Å². The van der Waals surface area contributed by atoms with Gasteiger partial charge in [0.05, 0.1) is 17.1 Å². The van der Waals surface area contributed by atoms with Crippen molar-refractivity contribution in [2.75, 3.05) is 18.1 Å². The van der Waals surface area contributed by atoms with Crippen molar-refractivity contribution in [2.45, 2.75) is 19.0 Å². The molecule has 0 bridgehead atoms. The third-order valence-corrected chi connectivity index (χ3v) is 6.32. The van der Waals surface area contributed by atoms with Gasteiger partial charge in [-0.1, -0.05) is 30.3 Å². The van der Waals surface area contributed by atoms with E-state index in [2.05, 4.69) is 0 Å². The van der Waals surface area contributed by atoms with E-state index in [1.165, 1.54) is 17.0 Å². The lowest BCUT2D eigenvalue weighted by atomic mass is 10.1. The maximum Gasteiger partial charge on any atom is 0.338 e. The molecule has 0 N–H and O–H groups in total. The molecule has 3 rings (SSSR count).